The Labute approximate surface area is 116 Å². The van der Waals surface area contributed by atoms with Crippen LogP contribution in [0.4, 0.5) is 0 Å². The maximum absolute atomic E-state index is 12.1. The fourth-order valence-corrected chi connectivity index (χ4v) is 1.90. The van der Waals surface area contributed by atoms with Crippen molar-refractivity contribution in [3.8, 4) is 5.75 Å². The summed E-state index contributed by atoms with van der Waals surface area (Å²) in [6, 6.07) is 5.38. The van der Waals surface area contributed by atoms with Gasteiger partial charge < -0.3 is 14.8 Å². The number of carbonyl (C=O) groups excluding carboxylic acids is 1. The highest BCUT2D eigenvalue weighted by Crippen LogP contribution is 2.22. The highest BCUT2D eigenvalue weighted by atomic mass is 79.9. The van der Waals surface area contributed by atoms with Crippen molar-refractivity contribution in [1.82, 2.24) is 5.32 Å². The third-order valence-corrected chi connectivity index (χ3v) is 3.24. The van der Waals surface area contributed by atoms with Gasteiger partial charge >= 0.3 is 0 Å². The van der Waals surface area contributed by atoms with E-state index >= 15 is 0 Å². The van der Waals surface area contributed by atoms with Crippen LogP contribution in [0.1, 0.15) is 23.7 Å². The number of rotatable bonds is 6. The Kier molecular flexibility index (Phi) is 6.15. The molecule has 0 fully saturated rings. The largest absolute Gasteiger partial charge is 0.497 e. The second-order valence-electron chi connectivity index (χ2n) is 4.00. The first-order valence-electron chi connectivity index (χ1n) is 5.71. The van der Waals surface area contributed by atoms with Gasteiger partial charge in [-0.3, -0.25) is 4.79 Å². The summed E-state index contributed by atoms with van der Waals surface area (Å²) < 4.78 is 10.8. The first kappa shape index (κ1) is 15.0. The van der Waals surface area contributed by atoms with Crippen LogP contribution in [-0.4, -0.2) is 32.8 Å². The summed E-state index contributed by atoms with van der Waals surface area (Å²) in [6.07, 6.45) is 0.782. The van der Waals surface area contributed by atoms with Crippen molar-refractivity contribution >= 4 is 21.8 Å². The van der Waals surface area contributed by atoms with Crippen LogP contribution in [0.2, 0.25) is 0 Å². The highest BCUT2D eigenvalue weighted by Gasteiger charge is 2.13. The predicted molar refractivity (Wildman–Crippen MR) is 74.1 cm³/mol. The third-order valence-electron chi connectivity index (χ3n) is 2.55. The van der Waals surface area contributed by atoms with Gasteiger partial charge in [0.05, 0.1) is 12.7 Å². The highest BCUT2D eigenvalue weighted by molar-refractivity contribution is 9.10. The Bertz CT molecular complexity index is 409. The summed E-state index contributed by atoms with van der Waals surface area (Å²) >= 11 is 3.36. The van der Waals surface area contributed by atoms with Gasteiger partial charge in [0.1, 0.15) is 5.75 Å². The minimum absolute atomic E-state index is 0.0653. The molecule has 1 aromatic rings. The molecule has 1 atom stereocenters. The van der Waals surface area contributed by atoms with E-state index in [-0.39, 0.29) is 11.9 Å². The molecular weight excluding hydrogens is 298 g/mol. The number of methoxy groups -OCH3 is 2. The lowest BCUT2D eigenvalue weighted by atomic mass is 10.1. The van der Waals surface area contributed by atoms with Crippen molar-refractivity contribution < 1.29 is 14.3 Å². The van der Waals surface area contributed by atoms with Gasteiger partial charge in [-0.05, 0) is 47.5 Å². The molecule has 1 amide bonds. The quantitative estimate of drug-likeness (QED) is 0.877. The molecule has 1 aromatic carbocycles. The molecule has 0 spiro atoms. The van der Waals surface area contributed by atoms with E-state index in [1.54, 1.807) is 32.4 Å². The van der Waals surface area contributed by atoms with E-state index in [1.165, 1.54) is 0 Å². The molecule has 1 rings (SSSR count). The second kappa shape index (κ2) is 7.38. The molecule has 4 nitrogen and oxygen atoms in total. The zero-order chi connectivity index (χ0) is 13.5. The van der Waals surface area contributed by atoms with Gasteiger partial charge in [0, 0.05) is 24.2 Å². The molecule has 0 saturated heterocycles. The first-order chi connectivity index (χ1) is 8.58. The standard InChI is InChI=1S/C13H18BrNO3/c1-9(6-7-17-2)15-13(16)11-8-10(18-3)4-5-12(11)14/h4-5,8-9H,6-7H2,1-3H3,(H,15,16). The molecule has 0 aliphatic rings. The normalized spacial score (nSPS) is 12.0. The molecular formula is C13H18BrNO3. The van der Waals surface area contributed by atoms with Crippen molar-refractivity contribution in [1.29, 1.82) is 0 Å². The van der Waals surface area contributed by atoms with Crippen molar-refractivity contribution in [2.75, 3.05) is 20.8 Å². The minimum atomic E-state index is -0.121. The summed E-state index contributed by atoms with van der Waals surface area (Å²) in [6.45, 7) is 2.58. The minimum Gasteiger partial charge on any atom is -0.497 e. The van der Waals surface area contributed by atoms with E-state index in [0.717, 1.165) is 10.9 Å². The number of halogens is 1. The summed E-state index contributed by atoms with van der Waals surface area (Å²) in [4.78, 5) is 12.1. The average molecular weight is 316 g/mol. The molecule has 0 saturated carbocycles. The van der Waals surface area contributed by atoms with E-state index in [4.69, 9.17) is 9.47 Å². The summed E-state index contributed by atoms with van der Waals surface area (Å²) in [5.41, 5.74) is 0.568. The topological polar surface area (TPSA) is 47.6 Å². The molecule has 1 unspecified atom stereocenters. The number of carbonyl (C=O) groups is 1. The summed E-state index contributed by atoms with van der Waals surface area (Å²) in [7, 11) is 3.22. The number of hydrogen-bond acceptors (Lipinski definition) is 3. The fourth-order valence-electron chi connectivity index (χ4n) is 1.47. The van der Waals surface area contributed by atoms with Crippen LogP contribution >= 0.6 is 15.9 Å². The maximum atomic E-state index is 12.1. The molecule has 0 radical (unpaired) electrons. The number of hydrogen-bond donors (Lipinski definition) is 1. The van der Waals surface area contributed by atoms with Crippen LogP contribution in [0.15, 0.2) is 22.7 Å². The Morgan fingerprint density at radius 2 is 2.17 bits per heavy atom. The van der Waals surface area contributed by atoms with Gasteiger partial charge in [0.15, 0.2) is 0 Å². The van der Waals surface area contributed by atoms with Crippen LogP contribution in [-0.2, 0) is 4.74 Å². The van der Waals surface area contributed by atoms with Crippen LogP contribution in [0.25, 0.3) is 0 Å². The Morgan fingerprint density at radius 1 is 1.44 bits per heavy atom. The van der Waals surface area contributed by atoms with Gasteiger partial charge in [-0.15, -0.1) is 0 Å². The van der Waals surface area contributed by atoms with Crippen molar-refractivity contribution in [3.05, 3.63) is 28.2 Å². The van der Waals surface area contributed by atoms with Gasteiger partial charge in [-0.25, -0.2) is 0 Å². The van der Waals surface area contributed by atoms with Gasteiger partial charge in [0.2, 0.25) is 0 Å². The van der Waals surface area contributed by atoms with Crippen LogP contribution in [0.5, 0.6) is 5.75 Å². The van der Waals surface area contributed by atoms with E-state index in [2.05, 4.69) is 21.2 Å². The smallest absolute Gasteiger partial charge is 0.252 e. The molecule has 0 aliphatic heterocycles. The molecule has 0 aromatic heterocycles. The number of amides is 1. The van der Waals surface area contributed by atoms with E-state index < -0.39 is 0 Å². The third kappa shape index (κ3) is 4.31. The maximum Gasteiger partial charge on any atom is 0.252 e. The summed E-state index contributed by atoms with van der Waals surface area (Å²) in [5.74, 6) is 0.539. The van der Waals surface area contributed by atoms with Gasteiger partial charge in [0.25, 0.3) is 5.91 Å². The molecule has 0 bridgehead atoms. The lowest BCUT2D eigenvalue weighted by Gasteiger charge is -2.14. The predicted octanol–water partition coefficient (Wildman–Crippen LogP) is 2.61. The fraction of sp³-hybridized carbons (Fsp3) is 0.462. The van der Waals surface area contributed by atoms with Crippen molar-refractivity contribution in [3.63, 3.8) is 0 Å². The Morgan fingerprint density at radius 3 is 2.78 bits per heavy atom. The summed E-state index contributed by atoms with van der Waals surface area (Å²) in [5, 5.41) is 2.92. The number of benzene rings is 1. The van der Waals surface area contributed by atoms with Crippen LogP contribution < -0.4 is 10.1 Å². The SMILES string of the molecule is COCCC(C)NC(=O)c1cc(OC)ccc1Br. The molecule has 1 N–H and O–H groups in total. The monoisotopic (exact) mass is 315 g/mol. The zero-order valence-corrected chi connectivity index (χ0v) is 12.4. The lowest BCUT2D eigenvalue weighted by molar-refractivity contribution is 0.0928. The molecule has 5 heteroatoms. The molecule has 18 heavy (non-hydrogen) atoms. The first-order valence-corrected chi connectivity index (χ1v) is 6.51. The number of ether oxygens (including phenoxy) is 2. The van der Waals surface area contributed by atoms with E-state index in [9.17, 15) is 4.79 Å². The Balaban J connectivity index is 2.71. The van der Waals surface area contributed by atoms with E-state index in [1.807, 2.05) is 6.92 Å². The second-order valence-corrected chi connectivity index (χ2v) is 4.86. The van der Waals surface area contributed by atoms with Crippen LogP contribution in [0, 0.1) is 0 Å². The zero-order valence-electron chi connectivity index (χ0n) is 10.8. The molecule has 0 aliphatic carbocycles. The lowest BCUT2D eigenvalue weighted by Crippen LogP contribution is -2.33. The van der Waals surface area contributed by atoms with Crippen molar-refractivity contribution in [2.24, 2.45) is 0 Å². The Hall–Kier alpha value is -1.07. The van der Waals surface area contributed by atoms with Crippen molar-refractivity contribution in [2.45, 2.75) is 19.4 Å². The number of nitrogens with one attached hydrogen (secondary N) is 1. The molecule has 100 valence electrons. The van der Waals surface area contributed by atoms with Gasteiger partial charge in [-0.1, -0.05) is 0 Å². The van der Waals surface area contributed by atoms with Gasteiger partial charge in [-0.2, -0.15) is 0 Å². The van der Waals surface area contributed by atoms with E-state index in [0.29, 0.717) is 17.9 Å². The average Bonchev–Trinajstić information content (AvgIpc) is 2.36. The molecule has 0 heterocycles. The van der Waals surface area contributed by atoms with Crippen LogP contribution in [0.3, 0.4) is 0 Å².